The van der Waals surface area contributed by atoms with Gasteiger partial charge in [0, 0.05) is 12.1 Å². The predicted octanol–water partition coefficient (Wildman–Crippen LogP) is 4.25. The SMILES string of the molecule is Cc1ccc(-c2cc(C(F)(F)F)nn2-c2ccc(S(=O)(=O)NC(=O)OCC3CCCN3n3on3OCOC(=O)C(C)(C)C)cc2)cc1. The molecule has 1 amide bonds. The lowest BCUT2D eigenvalue weighted by Gasteiger charge is -2.20. The lowest BCUT2D eigenvalue weighted by Crippen LogP contribution is -2.42. The first kappa shape index (κ1) is 33.5. The highest BCUT2D eigenvalue weighted by atomic mass is 32.2. The second kappa shape index (κ2) is 12.7. The summed E-state index contributed by atoms with van der Waals surface area (Å²) < 4.78 is 84.7. The molecule has 0 aliphatic carbocycles. The molecule has 5 rings (SSSR count). The van der Waals surface area contributed by atoms with E-state index >= 15 is 0 Å². The molecule has 3 heterocycles. The van der Waals surface area contributed by atoms with Crippen LogP contribution in [-0.4, -0.2) is 66.2 Å². The summed E-state index contributed by atoms with van der Waals surface area (Å²) in [6.07, 6.45) is -4.60. The van der Waals surface area contributed by atoms with Crippen LogP contribution in [0.5, 0.6) is 0 Å². The Balaban J connectivity index is 1.19. The highest BCUT2D eigenvalue weighted by Gasteiger charge is 2.36. The van der Waals surface area contributed by atoms with Crippen LogP contribution in [0.25, 0.3) is 16.9 Å². The summed E-state index contributed by atoms with van der Waals surface area (Å²) in [4.78, 5) is 30.5. The van der Waals surface area contributed by atoms with Gasteiger partial charge in [0.25, 0.3) is 16.8 Å². The number of carbonyl (C=O) groups excluding carboxylic acids is 2. The topological polar surface area (TPSA) is 152 Å². The Morgan fingerprint density at radius 3 is 2.36 bits per heavy atom. The minimum absolute atomic E-state index is 0.155. The maximum Gasteiger partial charge on any atom is 0.435 e. The molecular formula is C29H33F3N6O8S. The Labute approximate surface area is 267 Å². The quantitative estimate of drug-likeness (QED) is 0.190. The molecule has 1 aliphatic heterocycles. The number of aryl methyl sites for hydroxylation is 1. The van der Waals surface area contributed by atoms with E-state index in [1.54, 1.807) is 50.0 Å². The predicted molar refractivity (Wildman–Crippen MR) is 158 cm³/mol. The van der Waals surface area contributed by atoms with Gasteiger partial charge in [-0.05, 0) is 70.9 Å². The van der Waals surface area contributed by atoms with Gasteiger partial charge in [-0.2, -0.15) is 22.9 Å². The number of alkyl halides is 3. The van der Waals surface area contributed by atoms with Crippen LogP contribution in [0.3, 0.4) is 0 Å². The summed E-state index contributed by atoms with van der Waals surface area (Å²) in [7, 11) is -4.40. The van der Waals surface area contributed by atoms with Gasteiger partial charge in [-0.15, -0.1) is 0 Å². The van der Waals surface area contributed by atoms with Gasteiger partial charge >= 0.3 is 18.2 Å². The smallest absolute Gasteiger partial charge is 0.435 e. The summed E-state index contributed by atoms with van der Waals surface area (Å²) >= 11 is 0. The molecule has 254 valence electrons. The van der Waals surface area contributed by atoms with Crippen LogP contribution in [0, 0.1) is 12.3 Å². The average Bonchev–Trinajstić information content (AvgIpc) is 3.37. The van der Waals surface area contributed by atoms with Crippen LogP contribution in [0.2, 0.25) is 0 Å². The molecule has 2 aromatic carbocycles. The van der Waals surface area contributed by atoms with E-state index in [0.29, 0.717) is 18.5 Å². The van der Waals surface area contributed by atoms with E-state index in [4.69, 9.17) is 18.9 Å². The van der Waals surface area contributed by atoms with E-state index in [1.165, 1.54) is 17.1 Å². The largest absolute Gasteiger partial charge is 0.447 e. The highest BCUT2D eigenvalue weighted by molar-refractivity contribution is 7.90. The van der Waals surface area contributed by atoms with Crippen molar-refractivity contribution in [3.05, 3.63) is 65.9 Å². The third kappa shape index (κ3) is 7.93. The van der Waals surface area contributed by atoms with E-state index in [-0.39, 0.29) is 35.7 Å². The number of hydrogen-bond acceptors (Lipinski definition) is 10. The van der Waals surface area contributed by atoms with Crippen molar-refractivity contribution in [1.82, 2.24) is 24.5 Å². The Kier molecular flexibility index (Phi) is 9.07. The number of ether oxygens (including phenoxy) is 2. The fourth-order valence-electron chi connectivity index (χ4n) is 4.60. The first-order valence-corrected chi connectivity index (χ1v) is 15.9. The van der Waals surface area contributed by atoms with Gasteiger partial charge in [-0.1, -0.05) is 29.8 Å². The lowest BCUT2D eigenvalue weighted by molar-refractivity contribution is -0.168. The zero-order valence-electron chi connectivity index (χ0n) is 25.9. The fraction of sp³-hybridized carbons (Fsp3) is 0.414. The monoisotopic (exact) mass is 682 g/mol. The Morgan fingerprint density at radius 2 is 1.72 bits per heavy atom. The first-order valence-electron chi connectivity index (χ1n) is 14.4. The van der Waals surface area contributed by atoms with Gasteiger partial charge in [0.05, 0.1) is 32.7 Å². The summed E-state index contributed by atoms with van der Waals surface area (Å²) in [5.41, 5.74) is -0.0903. The van der Waals surface area contributed by atoms with Gasteiger partial charge in [0.15, 0.2) is 5.69 Å². The number of nitrogens with one attached hydrogen (secondary N) is 1. The zero-order valence-corrected chi connectivity index (χ0v) is 26.7. The average molecular weight is 683 g/mol. The first-order chi connectivity index (χ1) is 22.0. The zero-order chi connectivity index (χ0) is 34.1. The second-order valence-electron chi connectivity index (χ2n) is 11.8. The Bertz CT molecular complexity index is 1820. The van der Waals surface area contributed by atoms with Crippen LogP contribution in [0.15, 0.2) is 64.1 Å². The Morgan fingerprint density at radius 1 is 1.04 bits per heavy atom. The van der Waals surface area contributed by atoms with Crippen molar-refractivity contribution in [1.29, 1.82) is 0 Å². The Hall–Kier alpha value is -4.87. The van der Waals surface area contributed by atoms with E-state index < -0.39 is 39.4 Å². The van der Waals surface area contributed by atoms with E-state index in [2.05, 4.69) is 5.10 Å². The van der Waals surface area contributed by atoms with Crippen LogP contribution >= 0.6 is 0 Å². The summed E-state index contributed by atoms with van der Waals surface area (Å²) in [5.74, 6) is -0.458. The number of hydrogen-bond donors (Lipinski definition) is 1. The number of nitrogens with zero attached hydrogens (tertiary/aromatic N) is 5. The number of halogens is 3. The van der Waals surface area contributed by atoms with Crippen molar-refractivity contribution in [3.63, 3.8) is 0 Å². The fourth-order valence-corrected chi connectivity index (χ4v) is 5.49. The minimum atomic E-state index is -4.70. The van der Waals surface area contributed by atoms with Crippen LogP contribution in [0.1, 0.15) is 44.9 Å². The van der Waals surface area contributed by atoms with Gasteiger partial charge in [0.1, 0.15) is 11.6 Å². The molecule has 1 saturated heterocycles. The van der Waals surface area contributed by atoms with Crippen LogP contribution in [0.4, 0.5) is 18.0 Å². The van der Waals surface area contributed by atoms with Gasteiger partial charge in [0.2, 0.25) is 0 Å². The number of rotatable bonds is 10. The molecule has 0 radical (unpaired) electrons. The van der Waals surface area contributed by atoms with Crippen LogP contribution < -0.4 is 14.6 Å². The molecular weight excluding hydrogens is 649 g/mol. The second-order valence-corrected chi connectivity index (χ2v) is 13.5. The van der Waals surface area contributed by atoms with Crippen molar-refractivity contribution in [2.24, 2.45) is 5.41 Å². The molecule has 0 spiro atoms. The highest BCUT2D eigenvalue weighted by Crippen LogP contribution is 2.33. The van der Waals surface area contributed by atoms with Crippen molar-refractivity contribution in [3.8, 4) is 16.9 Å². The van der Waals surface area contributed by atoms with Crippen molar-refractivity contribution < 1.29 is 50.1 Å². The summed E-state index contributed by atoms with van der Waals surface area (Å²) in [6, 6.07) is 12.2. The molecule has 0 bridgehead atoms. The van der Waals surface area contributed by atoms with Gasteiger partial charge in [-0.3, -0.25) is 9.80 Å². The van der Waals surface area contributed by atoms with Crippen molar-refractivity contribution >= 4 is 22.1 Å². The number of carbonyl (C=O) groups is 2. The maximum atomic E-state index is 13.5. The molecule has 1 N–H and O–H groups in total. The molecule has 0 saturated carbocycles. The van der Waals surface area contributed by atoms with Crippen LogP contribution in [-0.2, 0) is 30.5 Å². The van der Waals surface area contributed by atoms with Gasteiger partial charge < -0.3 is 14.3 Å². The third-order valence-electron chi connectivity index (χ3n) is 7.15. The number of benzene rings is 2. The number of sulfonamides is 1. The van der Waals surface area contributed by atoms with E-state index in [1.807, 2.05) is 11.6 Å². The number of esters is 1. The molecule has 1 atom stereocenters. The van der Waals surface area contributed by atoms with Gasteiger partial charge in [-0.25, -0.2) is 22.6 Å². The molecule has 47 heavy (non-hydrogen) atoms. The molecule has 14 nitrogen and oxygen atoms in total. The van der Waals surface area contributed by atoms with Crippen molar-refractivity contribution in [2.45, 2.75) is 57.7 Å². The molecule has 4 aromatic rings. The van der Waals surface area contributed by atoms with Crippen molar-refractivity contribution in [2.75, 3.05) is 25.0 Å². The molecule has 1 unspecified atom stereocenters. The number of aromatic nitrogens is 4. The number of amides is 1. The lowest BCUT2D eigenvalue weighted by atomic mass is 9.98. The van der Waals surface area contributed by atoms with E-state index in [0.717, 1.165) is 39.9 Å². The maximum absolute atomic E-state index is 13.5. The molecule has 1 fully saturated rings. The summed E-state index contributed by atoms with van der Waals surface area (Å²) in [5, 5.41) is 6.39. The molecule has 1 aliphatic rings. The normalized spacial score (nSPS) is 15.6. The third-order valence-corrected chi connectivity index (χ3v) is 8.48. The van der Waals surface area contributed by atoms with E-state index in [9.17, 15) is 31.2 Å². The molecule has 18 heteroatoms. The summed E-state index contributed by atoms with van der Waals surface area (Å²) in [6.45, 7) is 6.90. The minimum Gasteiger partial charge on any atom is -0.447 e. The standard InChI is InChI=1S/C29H33F3N6O8S/c1-19-7-9-20(10-8-19)24-16-25(29(30,31)32)33-36(24)21-11-13-23(14-12-21)47(41,42)34-27(40)43-17-22-6-5-15-35(22)37-38(46-37)45-18-44-26(39)28(2,3)4/h7-14,16,22H,5-6,15,17-18H2,1-4H3,(H,34,40). The molecule has 2 aromatic heterocycles.